The van der Waals surface area contributed by atoms with Crippen LogP contribution in [0.1, 0.15) is 11.7 Å². The van der Waals surface area contributed by atoms with E-state index < -0.39 is 12.3 Å². The van der Waals surface area contributed by atoms with Gasteiger partial charge in [0.25, 0.3) is 0 Å². The van der Waals surface area contributed by atoms with Crippen LogP contribution in [0, 0.1) is 0 Å². The zero-order chi connectivity index (χ0) is 11.5. The van der Waals surface area contributed by atoms with Crippen LogP contribution >= 0.6 is 0 Å². The van der Waals surface area contributed by atoms with Gasteiger partial charge >= 0.3 is 6.18 Å². The molecule has 0 aliphatic rings. The third kappa shape index (κ3) is 2.82. The lowest BCUT2D eigenvalue weighted by atomic mass is 10.1. The molecule has 0 N–H and O–H groups in total. The van der Waals surface area contributed by atoms with E-state index in [1.54, 1.807) is 0 Å². The summed E-state index contributed by atoms with van der Waals surface area (Å²) < 4.78 is 46.5. The summed E-state index contributed by atoms with van der Waals surface area (Å²) in [6.45, 7) is 0. The van der Waals surface area contributed by atoms with Crippen molar-refractivity contribution in [3.8, 4) is 5.75 Å². The van der Waals surface area contributed by atoms with Crippen molar-refractivity contribution in [3.05, 3.63) is 24.0 Å². The third-order valence-corrected chi connectivity index (χ3v) is 1.81. The van der Waals surface area contributed by atoms with Gasteiger partial charge in [-0.05, 0) is 6.07 Å². The van der Waals surface area contributed by atoms with E-state index in [1.165, 1.54) is 19.4 Å². The molecule has 1 atom stereocenters. The summed E-state index contributed by atoms with van der Waals surface area (Å²) in [6, 6.07) is 1.24. The number of hydrogen-bond acceptors (Lipinski definition) is 3. The van der Waals surface area contributed by atoms with E-state index in [0.29, 0.717) is 0 Å². The first kappa shape index (κ1) is 11.8. The molecular formula is C9H10F3NO2. The van der Waals surface area contributed by atoms with Gasteiger partial charge in [-0.1, -0.05) is 0 Å². The Balaban J connectivity index is 3.02. The van der Waals surface area contributed by atoms with Gasteiger partial charge in [0.15, 0.2) is 6.10 Å². The second-order valence-corrected chi connectivity index (χ2v) is 2.82. The van der Waals surface area contributed by atoms with Gasteiger partial charge in [-0.2, -0.15) is 13.2 Å². The smallest absolute Gasteiger partial charge is 0.418 e. The lowest BCUT2D eigenvalue weighted by Gasteiger charge is -2.18. The minimum absolute atomic E-state index is 0.0793. The molecular weight excluding hydrogens is 211 g/mol. The van der Waals surface area contributed by atoms with E-state index in [-0.39, 0.29) is 11.3 Å². The van der Waals surface area contributed by atoms with Crippen LogP contribution in [-0.4, -0.2) is 25.4 Å². The molecule has 15 heavy (non-hydrogen) atoms. The van der Waals surface area contributed by atoms with E-state index in [2.05, 4.69) is 9.72 Å². The SMILES string of the molecule is COc1cncc(C(OC)C(F)(F)F)c1. The van der Waals surface area contributed by atoms with Gasteiger partial charge in [0.1, 0.15) is 5.75 Å². The molecule has 1 unspecified atom stereocenters. The third-order valence-electron chi connectivity index (χ3n) is 1.81. The number of methoxy groups -OCH3 is 2. The highest BCUT2D eigenvalue weighted by molar-refractivity contribution is 5.25. The van der Waals surface area contributed by atoms with Crippen LogP contribution in [0.25, 0.3) is 0 Å². The molecule has 1 aromatic rings. The normalized spacial score (nSPS) is 13.7. The quantitative estimate of drug-likeness (QED) is 0.785. The Morgan fingerprint density at radius 1 is 1.27 bits per heavy atom. The van der Waals surface area contributed by atoms with Crippen molar-refractivity contribution in [1.29, 1.82) is 0 Å². The van der Waals surface area contributed by atoms with E-state index in [9.17, 15) is 13.2 Å². The van der Waals surface area contributed by atoms with Crippen molar-refractivity contribution in [2.45, 2.75) is 12.3 Å². The highest BCUT2D eigenvalue weighted by Crippen LogP contribution is 2.35. The van der Waals surface area contributed by atoms with Gasteiger partial charge in [-0.25, -0.2) is 0 Å². The Hall–Kier alpha value is -1.30. The van der Waals surface area contributed by atoms with Gasteiger partial charge in [0.05, 0.1) is 13.3 Å². The minimum Gasteiger partial charge on any atom is -0.495 e. The number of ether oxygens (including phenoxy) is 2. The molecule has 1 aromatic heterocycles. The maximum absolute atomic E-state index is 12.4. The fourth-order valence-corrected chi connectivity index (χ4v) is 1.15. The zero-order valence-corrected chi connectivity index (χ0v) is 8.21. The maximum Gasteiger partial charge on any atom is 0.418 e. The van der Waals surface area contributed by atoms with Gasteiger partial charge in [-0.3, -0.25) is 4.98 Å². The Kier molecular flexibility index (Phi) is 3.52. The van der Waals surface area contributed by atoms with Crippen molar-refractivity contribution in [1.82, 2.24) is 4.98 Å². The molecule has 0 saturated heterocycles. The molecule has 6 heteroatoms. The Morgan fingerprint density at radius 3 is 2.40 bits per heavy atom. The standard InChI is InChI=1S/C9H10F3NO2/c1-14-7-3-6(4-13-5-7)8(15-2)9(10,11)12/h3-5,8H,1-2H3. The monoisotopic (exact) mass is 221 g/mol. The molecule has 0 amide bonds. The first-order valence-corrected chi connectivity index (χ1v) is 4.07. The minimum atomic E-state index is -4.46. The fourth-order valence-electron chi connectivity index (χ4n) is 1.15. The lowest BCUT2D eigenvalue weighted by Crippen LogP contribution is -2.22. The molecule has 0 aliphatic carbocycles. The second kappa shape index (κ2) is 4.48. The van der Waals surface area contributed by atoms with Crippen molar-refractivity contribution in [3.63, 3.8) is 0 Å². The lowest BCUT2D eigenvalue weighted by molar-refractivity contribution is -0.216. The molecule has 84 valence electrons. The summed E-state index contributed by atoms with van der Waals surface area (Å²) in [5.41, 5.74) is -0.0793. The Morgan fingerprint density at radius 2 is 1.93 bits per heavy atom. The van der Waals surface area contributed by atoms with E-state index in [1.807, 2.05) is 0 Å². The molecule has 3 nitrogen and oxygen atoms in total. The van der Waals surface area contributed by atoms with Crippen molar-refractivity contribution < 1.29 is 22.6 Å². The van der Waals surface area contributed by atoms with Gasteiger partial charge < -0.3 is 9.47 Å². The summed E-state index contributed by atoms with van der Waals surface area (Å²) in [5.74, 6) is 0.263. The van der Waals surface area contributed by atoms with E-state index in [4.69, 9.17) is 4.74 Å². The highest BCUT2D eigenvalue weighted by atomic mass is 19.4. The fraction of sp³-hybridized carbons (Fsp3) is 0.444. The maximum atomic E-state index is 12.4. The van der Waals surface area contributed by atoms with Crippen LogP contribution < -0.4 is 4.74 Å². The summed E-state index contributed by atoms with van der Waals surface area (Å²) in [4.78, 5) is 3.63. The number of aromatic nitrogens is 1. The molecule has 1 rings (SSSR count). The number of alkyl halides is 3. The summed E-state index contributed by atoms with van der Waals surface area (Å²) in [6.07, 6.45) is -4.00. The molecule has 0 fully saturated rings. The first-order chi connectivity index (χ1) is 6.99. The predicted octanol–water partition coefficient (Wildman–Crippen LogP) is 2.34. The largest absolute Gasteiger partial charge is 0.495 e. The van der Waals surface area contributed by atoms with Crippen molar-refractivity contribution >= 4 is 0 Å². The molecule has 0 radical (unpaired) electrons. The van der Waals surface area contributed by atoms with Crippen LogP contribution in [-0.2, 0) is 4.74 Å². The van der Waals surface area contributed by atoms with Crippen molar-refractivity contribution in [2.24, 2.45) is 0 Å². The summed E-state index contributed by atoms with van der Waals surface area (Å²) >= 11 is 0. The first-order valence-electron chi connectivity index (χ1n) is 4.07. The molecule has 0 aromatic carbocycles. The number of pyridine rings is 1. The Labute approximate surface area is 84.8 Å². The molecule has 0 saturated carbocycles. The summed E-state index contributed by atoms with van der Waals surface area (Å²) in [7, 11) is 2.35. The second-order valence-electron chi connectivity index (χ2n) is 2.82. The number of nitrogens with zero attached hydrogens (tertiary/aromatic N) is 1. The van der Waals surface area contributed by atoms with Gasteiger partial charge in [0, 0.05) is 18.9 Å². The van der Waals surface area contributed by atoms with Gasteiger partial charge in [-0.15, -0.1) is 0 Å². The van der Waals surface area contributed by atoms with E-state index >= 15 is 0 Å². The van der Waals surface area contributed by atoms with Crippen LogP contribution in [0.3, 0.4) is 0 Å². The average Bonchev–Trinajstić information content (AvgIpc) is 2.17. The molecule has 1 heterocycles. The molecule has 0 bridgehead atoms. The van der Waals surface area contributed by atoms with E-state index in [0.717, 1.165) is 13.3 Å². The van der Waals surface area contributed by atoms with Gasteiger partial charge in [0.2, 0.25) is 0 Å². The van der Waals surface area contributed by atoms with Crippen LogP contribution in [0.5, 0.6) is 5.75 Å². The van der Waals surface area contributed by atoms with Crippen LogP contribution in [0.4, 0.5) is 13.2 Å². The molecule has 0 spiro atoms. The topological polar surface area (TPSA) is 31.4 Å². The number of rotatable bonds is 3. The molecule has 0 aliphatic heterocycles. The number of halogens is 3. The van der Waals surface area contributed by atoms with Crippen LogP contribution in [0.15, 0.2) is 18.5 Å². The average molecular weight is 221 g/mol. The van der Waals surface area contributed by atoms with Crippen LogP contribution in [0.2, 0.25) is 0 Å². The zero-order valence-electron chi connectivity index (χ0n) is 8.21. The van der Waals surface area contributed by atoms with Crippen molar-refractivity contribution in [2.75, 3.05) is 14.2 Å². The Bertz CT molecular complexity index is 327. The summed E-state index contributed by atoms with van der Waals surface area (Å²) in [5, 5.41) is 0. The predicted molar refractivity (Wildman–Crippen MR) is 46.6 cm³/mol. The number of hydrogen-bond donors (Lipinski definition) is 0. The highest BCUT2D eigenvalue weighted by Gasteiger charge is 2.41.